The Bertz CT molecular complexity index is 368. The van der Waals surface area contributed by atoms with Gasteiger partial charge >= 0.3 is 5.97 Å². The van der Waals surface area contributed by atoms with Crippen LogP contribution in [0.3, 0.4) is 0 Å². The molecule has 0 aliphatic carbocycles. The number of piperidine rings is 1. The summed E-state index contributed by atoms with van der Waals surface area (Å²) in [6.07, 6.45) is 3.31. The normalized spacial score (nSPS) is 15.8. The molecular weight excluding hydrogens is 228 g/mol. The van der Waals surface area contributed by atoms with E-state index in [0.29, 0.717) is 0 Å². The van der Waals surface area contributed by atoms with Gasteiger partial charge in [-0.1, -0.05) is 13.8 Å². The monoisotopic (exact) mass is 250 g/mol. The fourth-order valence-electron chi connectivity index (χ4n) is 2.03. The molecule has 0 radical (unpaired) electrons. The van der Waals surface area contributed by atoms with Gasteiger partial charge in [-0.2, -0.15) is 0 Å². The molecule has 1 fully saturated rings. The number of nitrogens with zero attached hydrogens (tertiary/aromatic N) is 2. The zero-order chi connectivity index (χ0) is 13.5. The predicted octanol–water partition coefficient (Wildman–Crippen LogP) is 2.72. The smallest absolute Gasteiger partial charge is 0.306 e. The molecule has 2 heterocycles. The van der Waals surface area contributed by atoms with E-state index in [1.807, 2.05) is 39.1 Å². The first-order chi connectivity index (χ1) is 8.66. The molecule has 0 unspecified atom stereocenters. The van der Waals surface area contributed by atoms with Crippen molar-refractivity contribution in [2.75, 3.05) is 18.0 Å². The van der Waals surface area contributed by atoms with Gasteiger partial charge in [0.05, 0.1) is 17.8 Å². The Morgan fingerprint density at radius 2 is 1.94 bits per heavy atom. The molecule has 1 aromatic rings. The van der Waals surface area contributed by atoms with Crippen molar-refractivity contribution in [3.8, 4) is 0 Å². The molecule has 0 atom stereocenters. The van der Waals surface area contributed by atoms with Crippen LogP contribution in [0.5, 0.6) is 0 Å². The minimum atomic E-state index is -0.665. The number of pyridine rings is 1. The highest BCUT2D eigenvalue weighted by Gasteiger charge is 2.24. The second-order valence-electron chi connectivity index (χ2n) is 4.26. The number of carboxylic acids is 1. The van der Waals surface area contributed by atoms with E-state index in [-0.39, 0.29) is 5.92 Å². The SMILES string of the molecule is CC.Cc1ccc(N2CCC(C(=O)O)CC2)cn1. The number of carbonyl (C=O) groups is 1. The first-order valence-electron chi connectivity index (χ1n) is 6.57. The molecule has 0 saturated carbocycles. The molecule has 1 aromatic heterocycles. The molecule has 0 aromatic carbocycles. The molecule has 18 heavy (non-hydrogen) atoms. The largest absolute Gasteiger partial charge is 0.481 e. The van der Waals surface area contributed by atoms with Gasteiger partial charge in [0, 0.05) is 18.8 Å². The summed E-state index contributed by atoms with van der Waals surface area (Å²) in [6.45, 7) is 7.57. The van der Waals surface area contributed by atoms with Crippen LogP contribution in [0.15, 0.2) is 18.3 Å². The summed E-state index contributed by atoms with van der Waals surface area (Å²) in [7, 11) is 0. The van der Waals surface area contributed by atoms with Gasteiger partial charge in [-0.05, 0) is 31.9 Å². The molecule has 1 N–H and O–H groups in total. The van der Waals surface area contributed by atoms with Gasteiger partial charge in [0.2, 0.25) is 0 Å². The maximum absolute atomic E-state index is 10.8. The van der Waals surface area contributed by atoms with Crippen molar-refractivity contribution in [1.29, 1.82) is 0 Å². The Morgan fingerprint density at radius 3 is 2.39 bits per heavy atom. The topological polar surface area (TPSA) is 53.4 Å². The third kappa shape index (κ3) is 3.72. The average Bonchev–Trinajstić information content (AvgIpc) is 2.42. The Morgan fingerprint density at radius 1 is 1.33 bits per heavy atom. The third-order valence-corrected chi connectivity index (χ3v) is 3.11. The third-order valence-electron chi connectivity index (χ3n) is 3.11. The number of rotatable bonds is 2. The highest BCUT2D eigenvalue weighted by atomic mass is 16.4. The molecule has 1 aliphatic heterocycles. The summed E-state index contributed by atoms with van der Waals surface area (Å²) in [4.78, 5) is 17.3. The van der Waals surface area contributed by atoms with E-state index in [0.717, 1.165) is 37.3 Å². The fourth-order valence-corrected chi connectivity index (χ4v) is 2.03. The standard InChI is InChI=1S/C12H16N2O2.C2H6/c1-9-2-3-11(8-13-9)14-6-4-10(5-7-14)12(15)16;1-2/h2-3,8,10H,4-7H2,1H3,(H,15,16);1-2H3. The van der Waals surface area contributed by atoms with Crippen LogP contribution in [-0.2, 0) is 4.79 Å². The summed E-state index contributed by atoms with van der Waals surface area (Å²) in [5.41, 5.74) is 2.10. The quantitative estimate of drug-likeness (QED) is 0.876. The Labute approximate surface area is 109 Å². The van der Waals surface area contributed by atoms with Gasteiger partial charge in [-0.3, -0.25) is 9.78 Å². The Balaban J connectivity index is 0.000000771. The summed E-state index contributed by atoms with van der Waals surface area (Å²) in [5.74, 6) is -0.837. The first kappa shape index (κ1) is 14.5. The molecule has 100 valence electrons. The lowest BCUT2D eigenvalue weighted by molar-refractivity contribution is -0.142. The maximum Gasteiger partial charge on any atom is 0.306 e. The molecular formula is C14H22N2O2. The first-order valence-corrected chi connectivity index (χ1v) is 6.57. The zero-order valence-corrected chi connectivity index (χ0v) is 11.4. The lowest BCUT2D eigenvalue weighted by atomic mass is 9.97. The average molecular weight is 250 g/mol. The Hall–Kier alpha value is -1.58. The van der Waals surface area contributed by atoms with Gasteiger partial charge in [0.15, 0.2) is 0 Å². The van der Waals surface area contributed by atoms with E-state index < -0.39 is 5.97 Å². The predicted molar refractivity (Wildman–Crippen MR) is 72.9 cm³/mol. The van der Waals surface area contributed by atoms with Gasteiger partial charge in [0.1, 0.15) is 0 Å². The van der Waals surface area contributed by atoms with E-state index in [2.05, 4.69) is 9.88 Å². The molecule has 0 amide bonds. The molecule has 4 heteroatoms. The van der Waals surface area contributed by atoms with Crippen LogP contribution in [0.1, 0.15) is 32.4 Å². The lowest BCUT2D eigenvalue weighted by Gasteiger charge is -2.31. The van der Waals surface area contributed by atoms with Crippen LogP contribution in [0.25, 0.3) is 0 Å². The van der Waals surface area contributed by atoms with Gasteiger partial charge in [0.25, 0.3) is 0 Å². The number of carboxylic acid groups (broad SMARTS) is 1. The van der Waals surface area contributed by atoms with E-state index in [1.54, 1.807) is 0 Å². The summed E-state index contributed by atoms with van der Waals surface area (Å²) >= 11 is 0. The van der Waals surface area contributed by atoms with Crippen LogP contribution in [0.4, 0.5) is 5.69 Å². The van der Waals surface area contributed by atoms with Crippen molar-refractivity contribution in [3.05, 3.63) is 24.0 Å². The summed E-state index contributed by atoms with van der Waals surface area (Å²) < 4.78 is 0. The van der Waals surface area contributed by atoms with Crippen molar-refractivity contribution in [1.82, 2.24) is 4.98 Å². The number of hydrogen-bond acceptors (Lipinski definition) is 3. The van der Waals surface area contributed by atoms with Crippen LogP contribution < -0.4 is 4.90 Å². The minimum absolute atomic E-state index is 0.172. The zero-order valence-electron chi connectivity index (χ0n) is 11.4. The molecule has 2 rings (SSSR count). The van der Waals surface area contributed by atoms with Gasteiger partial charge in [-0.25, -0.2) is 0 Å². The van der Waals surface area contributed by atoms with Crippen molar-refractivity contribution < 1.29 is 9.90 Å². The van der Waals surface area contributed by atoms with Crippen LogP contribution >= 0.6 is 0 Å². The summed E-state index contributed by atoms with van der Waals surface area (Å²) in [6, 6.07) is 4.03. The van der Waals surface area contributed by atoms with E-state index in [9.17, 15) is 4.79 Å². The van der Waals surface area contributed by atoms with E-state index in [1.165, 1.54) is 0 Å². The molecule has 1 aliphatic rings. The van der Waals surface area contributed by atoms with Crippen LogP contribution in [0, 0.1) is 12.8 Å². The van der Waals surface area contributed by atoms with Crippen molar-refractivity contribution in [2.45, 2.75) is 33.6 Å². The minimum Gasteiger partial charge on any atom is -0.481 e. The van der Waals surface area contributed by atoms with E-state index >= 15 is 0 Å². The number of aryl methyl sites for hydroxylation is 1. The van der Waals surface area contributed by atoms with Gasteiger partial charge in [-0.15, -0.1) is 0 Å². The number of aliphatic carboxylic acids is 1. The highest BCUT2D eigenvalue weighted by molar-refractivity contribution is 5.70. The van der Waals surface area contributed by atoms with E-state index in [4.69, 9.17) is 5.11 Å². The van der Waals surface area contributed by atoms with Crippen molar-refractivity contribution >= 4 is 11.7 Å². The van der Waals surface area contributed by atoms with Crippen LogP contribution in [0.2, 0.25) is 0 Å². The maximum atomic E-state index is 10.8. The number of aromatic nitrogens is 1. The van der Waals surface area contributed by atoms with Crippen LogP contribution in [-0.4, -0.2) is 29.1 Å². The number of anilines is 1. The molecule has 0 spiro atoms. The van der Waals surface area contributed by atoms with Gasteiger partial charge < -0.3 is 10.0 Å². The highest BCUT2D eigenvalue weighted by Crippen LogP contribution is 2.22. The Kier molecular flexibility index (Phi) is 5.62. The van der Waals surface area contributed by atoms with Crippen molar-refractivity contribution in [3.63, 3.8) is 0 Å². The van der Waals surface area contributed by atoms with Crippen molar-refractivity contribution in [2.24, 2.45) is 5.92 Å². The number of hydrogen-bond donors (Lipinski definition) is 1. The second kappa shape index (κ2) is 6.99. The second-order valence-corrected chi connectivity index (χ2v) is 4.26. The fraction of sp³-hybridized carbons (Fsp3) is 0.571. The summed E-state index contributed by atoms with van der Waals surface area (Å²) in [5, 5.41) is 8.90. The lowest BCUT2D eigenvalue weighted by Crippen LogP contribution is -2.36. The molecule has 1 saturated heterocycles. The molecule has 4 nitrogen and oxygen atoms in total. The molecule has 0 bridgehead atoms.